The molecule has 0 spiro atoms. The molecule has 1 N–H and O–H groups in total. The number of fused-ring (bicyclic) bond motifs is 1. The smallest absolute Gasteiger partial charge is 0.183 e. The molecule has 1 aliphatic heterocycles. The Kier molecular flexibility index (Phi) is 3.24. The molecule has 3 aromatic rings. The number of hydrogen-bond acceptors (Lipinski definition) is 5. The summed E-state index contributed by atoms with van der Waals surface area (Å²) >= 11 is 1.53. The van der Waals surface area contributed by atoms with E-state index in [1.807, 2.05) is 5.38 Å². The Morgan fingerprint density at radius 3 is 2.91 bits per heavy atom. The average molecular weight is 315 g/mol. The van der Waals surface area contributed by atoms with Crippen LogP contribution in [0, 0.1) is 5.82 Å². The summed E-state index contributed by atoms with van der Waals surface area (Å²) < 4.78 is 15.1. The molecule has 5 nitrogen and oxygen atoms in total. The number of nitrogens with zero attached hydrogens (tertiary/aromatic N) is 4. The van der Waals surface area contributed by atoms with E-state index in [1.54, 1.807) is 12.1 Å². The van der Waals surface area contributed by atoms with Crippen LogP contribution in [0.5, 0.6) is 0 Å². The Morgan fingerprint density at radius 1 is 1.27 bits per heavy atom. The summed E-state index contributed by atoms with van der Waals surface area (Å²) in [6, 6.07) is 6.57. The molecule has 3 heterocycles. The zero-order valence-electron chi connectivity index (χ0n) is 12.0. The van der Waals surface area contributed by atoms with Crippen LogP contribution >= 0.6 is 11.3 Å². The number of hydrogen-bond donors (Lipinski definition) is 1. The van der Waals surface area contributed by atoms with Crippen LogP contribution < -0.4 is 5.32 Å². The van der Waals surface area contributed by atoms with Gasteiger partial charge in [-0.15, -0.1) is 21.5 Å². The van der Waals surface area contributed by atoms with E-state index in [1.165, 1.54) is 23.5 Å². The normalized spacial score (nSPS) is 17.5. The first-order valence-corrected chi connectivity index (χ1v) is 7.98. The van der Waals surface area contributed by atoms with Gasteiger partial charge in [0.25, 0.3) is 0 Å². The monoisotopic (exact) mass is 315 g/mol. The fourth-order valence-corrected chi connectivity index (χ4v) is 3.44. The third kappa shape index (κ3) is 2.22. The molecule has 0 saturated carbocycles. The quantitative estimate of drug-likeness (QED) is 0.790. The van der Waals surface area contributed by atoms with Crippen LogP contribution in [0.25, 0.3) is 22.1 Å². The van der Waals surface area contributed by atoms with Gasteiger partial charge in [-0.2, -0.15) is 0 Å². The predicted octanol–water partition coefficient (Wildman–Crippen LogP) is 2.87. The molecule has 0 bridgehead atoms. The molecule has 0 fully saturated rings. The molecule has 0 unspecified atom stereocenters. The highest BCUT2D eigenvalue weighted by Crippen LogP contribution is 2.29. The van der Waals surface area contributed by atoms with E-state index < -0.39 is 0 Å². The van der Waals surface area contributed by atoms with Crippen molar-refractivity contribution in [2.24, 2.45) is 0 Å². The fraction of sp³-hybridized carbons (Fsp3) is 0.267. The molecule has 1 aliphatic rings. The van der Waals surface area contributed by atoms with Gasteiger partial charge in [0.1, 0.15) is 22.3 Å². The lowest BCUT2D eigenvalue weighted by molar-refractivity contribution is 0.439. The van der Waals surface area contributed by atoms with E-state index in [0.717, 1.165) is 41.0 Å². The summed E-state index contributed by atoms with van der Waals surface area (Å²) in [5, 5.41) is 14.8. The molecular formula is C15H14FN5S. The minimum Gasteiger partial charge on any atom is -0.307 e. The minimum atomic E-state index is -0.242. The second kappa shape index (κ2) is 5.26. The first-order chi connectivity index (χ1) is 10.7. The van der Waals surface area contributed by atoms with Gasteiger partial charge in [-0.1, -0.05) is 0 Å². The highest BCUT2D eigenvalue weighted by Gasteiger charge is 2.23. The highest BCUT2D eigenvalue weighted by molar-refractivity contribution is 7.13. The van der Waals surface area contributed by atoms with E-state index in [0.29, 0.717) is 0 Å². The molecular weight excluding hydrogens is 301 g/mol. The van der Waals surface area contributed by atoms with Gasteiger partial charge in [0.05, 0.1) is 6.04 Å². The third-order valence-electron chi connectivity index (χ3n) is 3.78. The van der Waals surface area contributed by atoms with Crippen molar-refractivity contribution in [3.63, 3.8) is 0 Å². The van der Waals surface area contributed by atoms with Gasteiger partial charge in [0.2, 0.25) is 0 Å². The van der Waals surface area contributed by atoms with Crippen LogP contribution in [0.15, 0.2) is 29.6 Å². The number of benzene rings is 1. The van der Waals surface area contributed by atoms with Crippen LogP contribution in [0.4, 0.5) is 4.39 Å². The molecule has 1 aromatic carbocycles. The summed E-state index contributed by atoms with van der Waals surface area (Å²) in [6.07, 6.45) is 0. The SMILES string of the molecule is C[C@@H]1NCCn2c(-c3csc(-c4ccc(F)cc4)n3)nnc21. The molecule has 0 aliphatic carbocycles. The van der Waals surface area contributed by atoms with Gasteiger partial charge in [0.15, 0.2) is 5.82 Å². The van der Waals surface area contributed by atoms with Crippen molar-refractivity contribution < 1.29 is 4.39 Å². The lowest BCUT2D eigenvalue weighted by Crippen LogP contribution is -2.32. The Balaban J connectivity index is 1.72. The van der Waals surface area contributed by atoms with Crippen LogP contribution in [-0.2, 0) is 6.54 Å². The molecule has 112 valence electrons. The van der Waals surface area contributed by atoms with Crippen molar-refractivity contribution in [2.75, 3.05) is 6.54 Å². The summed E-state index contributed by atoms with van der Waals surface area (Å²) in [5.41, 5.74) is 1.73. The number of thiazole rings is 1. The van der Waals surface area contributed by atoms with Gasteiger partial charge in [0, 0.05) is 24.0 Å². The standard InChI is InChI=1S/C15H14FN5S/c1-9-13-19-20-14(21(13)7-6-17-9)12-8-22-15(18-12)10-2-4-11(16)5-3-10/h2-5,8-9,17H,6-7H2,1H3/t9-/m0/s1. The Bertz CT molecular complexity index is 808. The molecule has 2 aromatic heterocycles. The van der Waals surface area contributed by atoms with Crippen LogP contribution in [0.2, 0.25) is 0 Å². The van der Waals surface area contributed by atoms with E-state index in [9.17, 15) is 4.39 Å². The van der Waals surface area contributed by atoms with Crippen molar-refractivity contribution in [1.29, 1.82) is 0 Å². The molecule has 22 heavy (non-hydrogen) atoms. The first-order valence-electron chi connectivity index (χ1n) is 7.10. The van der Waals surface area contributed by atoms with Gasteiger partial charge < -0.3 is 9.88 Å². The number of rotatable bonds is 2. The predicted molar refractivity (Wildman–Crippen MR) is 82.9 cm³/mol. The maximum Gasteiger partial charge on any atom is 0.183 e. The topological polar surface area (TPSA) is 55.6 Å². The van der Waals surface area contributed by atoms with E-state index in [-0.39, 0.29) is 11.9 Å². The second-order valence-electron chi connectivity index (χ2n) is 5.25. The lowest BCUT2D eigenvalue weighted by Gasteiger charge is -2.21. The maximum absolute atomic E-state index is 13.0. The highest BCUT2D eigenvalue weighted by atomic mass is 32.1. The van der Waals surface area contributed by atoms with E-state index in [4.69, 9.17) is 0 Å². The molecule has 4 rings (SSSR count). The second-order valence-corrected chi connectivity index (χ2v) is 6.11. The fourth-order valence-electron chi connectivity index (χ4n) is 2.63. The average Bonchev–Trinajstić information content (AvgIpc) is 3.15. The summed E-state index contributed by atoms with van der Waals surface area (Å²) in [4.78, 5) is 4.64. The van der Waals surface area contributed by atoms with Crippen LogP contribution in [-0.4, -0.2) is 26.3 Å². The Labute approximate surface area is 130 Å². The van der Waals surface area contributed by atoms with E-state index >= 15 is 0 Å². The van der Waals surface area contributed by atoms with Gasteiger partial charge in [-0.25, -0.2) is 9.37 Å². The third-order valence-corrected chi connectivity index (χ3v) is 4.67. The van der Waals surface area contributed by atoms with Crippen LogP contribution in [0.1, 0.15) is 18.8 Å². The minimum absolute atomic E-state index is 0.199. The Morgan fingerprint density at radius 2 is 2.09 bits per heavy atom. The number of nitrogens with one attached hydrogen (secondary N) is 1. The van der Waals surface area contributed by atoms with Gasteiger partial charge >= 0.3 is 0 Å². The summed E-state index contributed by atoms with van der Waals surface area (Å²) in [7, 11) is 0. The summed E-state index contributed by atoms with van der Waals surface area (Å²) in [6.45, 7) is 3.81. The van der Waals surface area contributed by atoms with Crippen molar-refractivity contribution in [3.05, 3.63) is 41.3 Å². The van der Waals surface area contributed by atoms with Crippen molar-refractivity contribution in [3.8, 4) is 22.1 Å². The van der Waals surface area contributed by atoms with Gasteiger partial charge in [-0.3, -0.25) is 0 Å². The van der Waals surface area contributed by atoms with Gasteiger partial charge in [-0.05, 0) is 31.2 Å². The molecule has 7 heteroatoms. The summed E-state index contributed by atoms with van der Waals surface area (Å²) in [5.74, 6) is 1.50. The number of aromatic nitrogens is 4. The van der Waals surface area contributed by atoms with Crippen LogP contribution in [0.3, 0.4) is 0 Å². The Hall–Kier alpha value is -2.12. The lowest BCUT2D eigenvalue weighted by atomic mass is 10.2. The zero-order chi connectivity index (χ0) is 15.1. The zero-order valence-corrected chi connectivity index (χ0v) is 12.8. The van der Waals surface area contributed by atoms with Crippen molar-refractivity contribution >= 4 is 11.3 Å². The molecule has 0 saturated heterocycles. The molecule has 0 amide bonds. The maximum atomic E-state index is 13.0. The largest absolute Gasteiger partial charge is 0.307 e. The molecule has 0 radical (unpaired) electrons. The van der Waals surface area contributed by atoms with E-state index in [2.05, 4.69) is 32.0 Å². The number of halogens is 1. The molecule has 1 atom stereocenters. The first kappa shape index (κ1) is 13.5. The van der Waals surface area contributed by atoms with Crippen molar-refractivity contribution in [1.82, 2.24) is 25.1 Å². The van der Waals surface area contributed by atoms with Crippen molar-refractivity contribution in [2.45, 2.75) is 19.5 Å².